The summed E-state index contributed by atoms with van der Waals surface area (Å²) in [6.07, 6.45) is -7.24. The summed E-state index contributed by atoms with van der Waals surface area (Å²) in [5.74, 6) is -6.87. The minimum atomic E-state index is -6.81. The summed E-state index contributed by atoms with van der Waals surface area (Å²) in [6, 6.07) is 1.73. The van der Waals surface area contributed by atoms with E-state index in [4.69, 9.17) is 24.1 Å². The first-order valence-electron chi connectivity index (χ1n) is 6.66. The Kier molecular flexibility index (Phi) is 7.40. The van der Waals surface area contributed by atoms with Gasteiger partial charge in [-0.2, -0.15) is 0 Å². The first kappa shape index (κ1) is 24.6. The number of hydrogen-bond donors (Lipinski definition) is 0. The van der Waals surface area contributed by atoms with Crippen LogP contribution in [-0.4, -0.2) is 36.5 Å². The molecule has 1 aromatic rings. The molecule has 0 aliphatic heterocycles. The van der Waals surface area contributed by atoms with Crippen LogP contribution in [0, 0.1) is 0 Å². The van der Waals surface area contributed by atoms with Crippen LogP contribution in [-0.2, 0) is 23.4 Å². The van der Waals surface area contributed by atoms with Gasteiger partial charge in [-0.05, 0) is 0 Å². The summed E-state index contributed by atoms with van der Waals surface area (Å²) in [5.41, 5.74) is -0.222. The van der Waals surface area contributed by atoms with Gasteiger partial charge in [0.25, 0.3) is 0 Å². The molecule has 0 bridgehead atoms. The van der Waals surface area contributed by atoms with Crippen molar-refractivity contribution in [2.75, 3.05) is 0 Å². The second-order valence-corrected chi connectivity index (χ2v) is 13.0. The van der Waals surface area contributed by atoms with Crippen molar-refractivity contribution in [2.24, 2.45) is 0 Å². The van der Waals surface area contributed by atoms with E-state index in [1.807, 2.05) is 0 Å². The number of alkyl halides is 7. The number of benzene rings is 1. The van der Waals surface area contributed by atoms with Gasteiger partial charge >= 0.3 is 163 Å². The third-order valence-corrected chi connectivity index (χ3v) is 6.54. The van der Waals surface area contributed by atoms with Crippen LogP contribution in [0.15, 0.2) is 23.1 Å². The van der Waals surface area contributed by atoms with Gasteiger partial charge in [-0.1, -0.05) is 0 Å². The summed E-state index contributed by atoms with van der Waals surface area (Å²) in [4.78, 5) is -1.47. The van der Waals surface area contributed by atoms with Gasteiger partial charge in [0, 0.05) is 0 Å². The van der Waals surface area contributed by atoms with Crippen molar-refractivity contribution in [1.29, 1.82) is 0 Å². The first-order valence-corrected chi connectivity index (χ1v) is 13.6. The predicted molar refractivity (Wildman–Crippen MR) is 82.2 cm³/mol. The molecule has 0 aliphatic rings. The van der Waals surface area contributed by atoms with Crippen molar-refractivity contribution in [3.8, 4) is 5.75 Å². The molecular formula is C13H11Cl2F7O3RuS. The normalized spacial score (nSPS) is 14.3. The molecule has 0 spiro atoms. The average molecular weight is 552 g/mol. The van der Waals surface area contributed by atoms with Crippen molar-refractivity contribution in [2.45, 2.75) is 42.2 Å². The van der Waals surface area contributed by atoms with E-state index in [0.717, 1.165) is 10.7 Å². The number of halogens is 9. The molecule has 0 heterocycles. The van der Waals surface area contributed by atoms with Crippen LogP contribution in [0.2, 0.25) is 0 Å². The van der Waals surface area contributed by atoms with Crippen LogP contribution in [0.3, 0.4) is 0 Å². The van der Waals surface area contributed by atoms with Crippen LogP contribution >= 0.6 is 19.4 Å². The summed E-state index contributed by atoms with van der Waals surface area (Å²) in [5, 5.41) is -6.45. The van der Waals surface area contributed by atoms with Gasteiger partial charge in [-0.3, -0.25) is 0 Å². The fraction of sp³-hybridized carbons (Fsp3) is 0.462. The summed E-state index contributed by atoms with van der Waals surface area (Å²) < 4.78 is 121. The second kappa shape index (κ2) is 8.12. The van der Waals surface area contributed by atoms with Gasteiger partial charge in [0.1, 0.15) is 0 Å². The molecule has 0 N–H and O–H groups in total. The van der Waals surface area contributed by atoms with Gasteiger partial charge in [0.15, 0.2) is 0 Å². The molecule has 0 aliphatic carbocycles. The van der Waals surface area contributed by atoms with Crippen LogP contribution in [0.1, 0.15) is 19.4 Å². The Bertz CT molecular complexity index is 835. The Labute approximate surface area is 162 Å². The van der Waals surface area contributed by atoms with Gasteiger partial charge in [0.05, 0.1) is 0 Å². The van der Waals surface area contributed by atoms with Crippen molar-refractivity contribution < 1.29 is 57.4 Å². The van der Waals surface area contributed by atoms with Crippen molar-refractivity contribution in [1.82, 2.24) is 0 Å². The summed E-state index contributed by atoms with van der Waals surface area (Å²) >= 11 is -2.66. The summed E-state index contributed by atoms with van der Waals surface area (Å²) in [6.45, 7) is 3.15. The van der Waals surface area contributed by atoms with E-state index in [9.17, 15) is 39.2 Å². The maximum atomic E-state index is 13.7. The Hall–Kier alpha value is -0.447. The van der Waals surface area contributed by atoms with Crippen molar-refractivity contribution in [3.63, 3.8) is 0 Å². The topological polar surface area (TPSA) is 43.4 Å². The molecule has 14 heteroatoms. The number of rotatable bonds is 6. The number of sulfone groups is 1. The minimum absolute atomic E-state index is 0.0603. The van der Waals surface area contributed by atoms with E-state index in [0.29, 0.717) is 12.1 Å². The first-order chi connectivity index (χ1) is 11.9. The second-order valence-electron chi connectivity index (χ2n) is 5.27. The van der Waals surface area contributed by atoms with E-state index >= 15 is 0 Å². The maximum absolute atomic E-state index is 13.7. The Morgan fingerprint density at radius 1 is 1.07 bits per heavy atom. The number of ether oxygens (including phenoxy) is 1. The molecule has 1 aromatic carbocycles. The quantitative estimate of drug-likeness (QED) is 0.364. The van der Waals surface area contributed by atoms with Gasteiger partial charge in [0.2, 0.25) is 0 Å². The van der Waals surface area contributed by atoms with E-state index in [1.54, 1.807) is 13.8 Å². The Morgan fingerprint density at radius 3 is 2.00 bits per heavy atom. The monoisotopic (exact) mass is 552 g/mol. The SMILES string of the molecule is CC(C)Oc1ccc(S(=O)(=O)C(F)(F)C(F)(F)C(F)(F)F)cc1[CH]=[Ru]([Cl])[Cl]. The molecule has 0 saturated heterocycles. The van der Waals surface area contributed by atoms with E-state index in [1.165, 1.54) is 0 Å². The molecule has 0 aromatic heterocycles. The fourth-order valence-electron chi connectivity index (χ4n) is 1.70. The predicted octanol–water partition coefficient (Wildman–Crippen LogP) is 5.11. The van der Waals surface area contributed by atoms with Crippen molar-refractivity contribution >= 4 is 33.8 Å². The molecule has 0 amide bonds. The fourth-order valence-corrected chi connectivity index (χ4v) is 4.76. The molecule has 27 heavy (non-hydrogen) atoms. The molecule has 1 rings (SSSR count). The molecule has 0 atom stereocenters. The molecule has 0 unspecified atom stereocenters. The summed E-state index contributed by atoms with van der Waals surface area (Å²) in [7, 11) is 4.85. The zero-order valence-electron chi connectivity index (χ0n) is 13.3. The van der Waals surface area contributed by atoms with E-state index in [-0.39, 0.29) is 11.3 Å². The third-order valence-electron chi connectivity index (χ3n) is 2.90. The van der Waals surface area contributed by atoms with Gasteiger partial charge in [-0.25, -0.2) is 0 Å². The zero-order chi connectivity index (χ0) is 21.4. The number of hydrogen-bond acceptors (Lipinski definition) is 3. The Balaban J connectivity index is 3.62. The van der Waals surface area contributed by atoms with E-state index in [2.05, 4.69) is 0 Å². The van der Waals surface area contributed by atoms with E-state index < -0.39 is 51.7 Å². The molecule has 158 valence electrons. The average Bonchev–Trinajstić information content (AvgIpc) is 2.46. The third kappa shape index (κ3) is 4.94. The molecule has 0 saturated carbocycles. The standard InChI is InChI=1S/C13H11F7O3S.2ClH.Ru/c1-7(2)23-10-5-4-9(6-8(10)3)24(21,22)13(19,20)11(14,15)12(16,17)18;;;/h3-7H,1-2H3;2*1H;/q;;;+2/p-2. The van der Waals surface area contributed by atoms with Crippen LogP contribution in [0.4, 0.5) is 30.7 Å². The van der Waals surface area contributed by atoms with Crippen LogP contribution in [0.25, 0.3) is 0 Å². The van der Waals surface area contributed by atoms with Gasteiger partial charge in [-0.15, -0.1) is 0 Å². The van der Waals surface area contributed by atoms with Gasteiger partial charge < -0.3 is 0 Å². The Morgan fingerprint density at radius 2 is 1.59 bits per heavy atom. The molecular weight excluding hydrogens is 541 g/mol. The molecule has 0 fully saturated rings. The van der Waals surface area contributed by atoms with Crippen LogP contribution in [0.5, 0.6) is 5.75 Å². The van der Waals surface area contributed by atoms with Crippen molar-refractivity contribution in [3.05, 3.63) is 23.8 Å². The molecule has 3 nitrogen and oxygen atoms in total. The molecule has 0 radical (unpaired) electrons. The van der Waals surface area contributed by atoms with Crippen LogP contribution < -0.4 is 4.74 Å². The zero-order valence-corrected chi connectivity index (χ0v) is 17.3.